The van der Waals surface area contributed by atoms with E-state index in [0.29, 0.717) is 97.0 Å². The van der Waals surface area contributed by atoms with E-state index < -0.39 is 11.9 Å². The minimum atomic E-state index is -1.09. The van der Waals surface area contributed by atoms with Crippen LogP contribution in [0.3, 0.4) is 0 Å². The molecular weight excluding hydrogens is 626 g/mol. The van der Waals surface area contributed by atoms with Crippen molar-refractivity contribution in [2.45, 2.75) is 12.6 Å². The van der Waals surface area contributed by atoms with Crippen LogP contribution in [-0.4, -0.2) is 126 Å². The molecule has 1 aliphatic heterocycles. The summed E-state index contributed by atoms with van der Waals surface area (Å²) in [6.07, 6.45) is 0. The molecule has 3 N–H and O–H groups in total. The normalized spacial score (nSPS) is 17.5. The van der Waals surface area contributed by atoms with Gasteiger partial charge in [-0.05, 0) is 42.0 Å². The zero-order valence-electron chi connectivity index (χ0n) is 26.2. The molecule has 252 valence electrons. The van der Waals surface area contributed by atoms with Crippen molar-refractivity contribution in [1.29, 1.82) is 0 Å². The SMILES string of the molecule is O=C(O)c1cccc(CN2CCOCCOCCN(C(c3ccc(NC=S)cc3)c3cccc(C(=O)O)n3)CCOCCOCC2)n1. The Morgan fingerprint density at radius 2 is 1.28 bits per heavy atom. The molecule has 0 spiro atoms. The van der Waals surface area contributed by atoms with Gasteiger partial charge in [-0.15, -0.1) is 0 Å². The van der Waals surface area contributed by atoms with Gasteiger partial charge in [0, 0.05) is 38.4 Å². The maximum atomic E-state index is 11.8. The van der Waals surface area contributed by atoms with E-state index in [1.807, 2.05) is 36.4 Å². The van der Waals surface area contributed by atoms with Crippen LogP contribution < -0.4 is 5.32 Å². The first-order valence-corrected chi connectivity index (χ1v) is 15.9. The molecule has 1 unspecified atom stereocenters. The highest BCUT2D eigenvalue weighted by atomic mass is 32.1. The van der Waals surface area contributed by atoms with Gasteiger partial charge in [0.1, 0.15) is 11.4 Å². The average molecular weight is 668 g/mol. The number of pyridine rings is 2. The number of aromatic carboxylic acids is 2. The highest BCUT2D eigenvalue weighted by molar-refractivity contribution is 7.79. The van der Waals surface area contributed by atoms with Gasteiger partial charge in [0.15, 0.2) is 0 Å². The van der Waals surface area contributed by atoms with Gasteiger partial charge in [0.05, 0.1) is 75.8 Å². The number of carboxylic acids is 2. The number of anilines is 1. The smallest absolute Gasteiger partial charge is 0.354 e. The Morgan fingerprint density at radius 1 is 0.745 bits per heavy atom. The zero-order valence-corrected chi connectivity index (χ0v) is 27.0. The summed E-state index contributed by atoms with van der Waals surface area (Å²) < 4.78 is 23.6. The number of carboxylic acid groups (broad SMARTS) is 2. The van der Waals surface area contributed by atoms with Crippen LogP contribution in [0.25, 0.3) is 0 Å². The van der Waals surface area contributed by atoms with Gasteiger partial charge < -0.3 is 34.5 Å². The molecule has 0 saturated carbocycles. The number of nitrogens with zero attached hydrogens (tertiary/aromatic N) is 4. The molecule has 1 aromatic carbocycles. The first-order valence-electron chi connectivity index (χ1n) is 15.4. The van der Waals surface area contributed by atoms with Crippen LogP contribution in [0.4, 0.5) is 5.69 Å². The highest BCUT2D eigenvalue weighted by Gasteiger charge is 2.25. The van der Waals surface area contributed by atoms with E-state index in [0.717, 1.165) is 11.3 Å². The number of nitrogens with one attached hydrogen (secondary N) is 1. The van der Waals surface area contributed by atoms with Crippen molar-refractivity contribution in [3.05, 3.63) is 89.0 Å². The number of carbonyl (C=O) groups is 2. The molecule has 47 heavy (non-hydrogen) atoms. The van der Waals surface area contributed by atoms with Crippen molar-refractivity contribution in [3.8, 4) is 0 Å². The minimum absolute atomic E-state index is 0.0119. The van der Waals surface area contributed by atoms with Crippen LogP contribution >= 0.6 is 12.2 Å². The van der Waals surface area contributed by atoms with Gasteiger partial charge in [-0.2, -0.15) is 0 Å². The van der Waals surface area contributed by atoms with E-state index in [1.54, 1.807) is 12.1 Å². The number of hydrogen-bond acceptors (Lipinski definition) is 11. The summed E-state index contributed by atoms with van der Waals surface area (Å²) in [7, 11) is 0. The molecule has 14 heteroatoms. The summed E-state index contributed by atoms with van der Waals surface area (Å²) in [5, 5.41) is 21.9. The summed E-state index contributed by atoms with van der Waals surface area (Å²) >= 11 is 4.92. The Kier molecular flexibility index (Phi) is 15.1. The molecule has 2 aromatic heterocycles. The molecule has 1 fully saturated rings. The number of benzene rings is 1. The van der Waals surface area contributed by atoms with Gasteiger partial charge in [-0.25, -0.2) is 19.6 Å². The van der Waals surface area contributed by atoms with Crippen LogP contribution in [-0.2, 0) is 25.5 Å². The second-order valence-electron chi connectivity index (χ2n) is 10.6. The lowest BCUT2D eigenvalue weighted by Crippen LogP contribution is -2.36. The van der Waals surface area contributed by atoms with E-state index in [4.69, 9.17) is 31.2 Å². The fourth-order valence-corrected chi connectivity index (χ4v) is 5.21. The largest absolute Gasteiger partial charge is 0.477 e. The number of ether oxygens (including phenoxy) is 4. The number of rotatable bonds is 9. The monoisotopic (exact) mass is 667 g/mol. The lowest BCUT2D eigenvalue weighted by atomic mass is 10.00. The standard InChI is InChI=1S/C33H41N5O8S/c39-32(40)29-5-1-3-27(35-29)23-37-11-15-43-19-21-45-17-13-38(14-18-46-22-20-44-16-12-37)31(25-7-9-26(10-8-25)34-24-47)28-4-2-6-30(36-28)33(41)42/h1-10,24,31H,11-23H2,(H,34,47)(H,39,40)(H,41,42). The maximum Gasteiger partial charge on any atom is 0.354 e. The van der Waals surface area contributed by atoms with Crippen LogP contribution in [0.5, 0.6) is 0 Å². The van der Waals surface area contributed by atoms with Gasteiger partial charge in [0.2, 0.25) is 0 Å². The van der Waals surface area contributed by atoms with E-state index in [2.05, 4.69) is 25.1 Å². The van der Waals surface area contributed by atoms with E-state index in [1.165, 1.54) is 17.6 Å². The van der Waals surface area contributed by atoms with Crippen molar-refractivity contribution in [1.82, 2.24) is 19.8 Å². The summed E-state index contributed by atoms with van der Waals surface area (Å²) in [5.41, 5.74) is 4.46. The average Bonchev–Trinajstić information content (AvgIpc) is 3.07. The maximum absolute atomic E-state index is 11.8. The molecule has 1 saturated heterocycles. The Hall–Kier alpha value is -3.89. The fourth-order valence-electron chi connectivity index (χ4n) is 5.07. The van der Waals surface area contributed by atoms with Gasteiger partial charge >= 0.3 is 11.9 Å². The third-order valence-corrected chi connectivity index (χ3v) is 7.51. The lowest BCUT2D eigenvalue weighted by molar-refractivity contribution is 0.00331. The topological polar surface area (TPSA) is 156 Å². The third-order valence-electron chi connectivity index (χ3n) is 7.39. The van der Waals surface area contributed by atoms with Gasteiger partial charge in [-0.1, -0.05) is 36.5 Å². The predicted molar refractivity (Wildman–Crippen MR) is 178 cm³/mol. The summed E-state index contributed by atoms with van der Waals surface area (Å²) in [4.78, 5) is 36.1. The Bertz CT molecular complexity index is 1410. The molecule has 0 radical (unpaired) electrons. The zero-order chi connectivity index (χ0) is 33.3. The lowest BCUT2D eigenvalue weighted by Gasteiger charge is -2.32. The quantitative estimate of drug-likeness (QED) is 0.286. The Morgan fingerprint density at radius 3 is 1.83 bits per heavy atom. The molecular formula is C33H41N5O8S. The number of aromatic nitrogens is 2. The summed E-state index contributed by atoms with van der Waals surface area (Å²) in [6.45, 7) is 6.06. The second kappa shape index (κ2) is 19.7. The molecule has 0 amide bonds. The predicted octanol–water partition coefficient (Wildman–Crippen LogP) is 3.22. The Labute approximate surface area is 279 Å². The molecule has 1 aliphatic rings. The van der Waals surface area contributed by atoms with E-state index in [-0.39, 0.29) is 17.4 Å². The van der Waals surface area contributed by atoms with Gasteiger partial charge in [0.25, 0.3) is 0 Å². The molecule has 1 atom stereocenters. The molecule has 13 nitrogen and oxygen atoms in total. The van der Waals surface area contributed by atoms with Crippen molar-refractivity contribution in [2.75, 3.05) is 84.4 Å². The van der Waals surface area contributed by atoms with Gasteiger partial charge in [-0.3, -0.25) is 9.80 Å². The second-order valence-corrected chi connectivity index (χ2v) is 10.9. The van der Waals surface area contributed by atoms with Crippen molar-refractivity contribution < 1.29 is 38.7 Å². The third kappa shape index (κ3) is 12.0. The van der Waals surface area contributed by atoms with Crippen molar-refractivity contribution >= 4 is 35.3 Å². The van der Waals surface area contributed by atoms with Crippen LogP contribution in [0.15, 0.2) is 60.7 Å². The number of hydrogen-bond donors (Lipinski definition) is 3. The van der Waals surface area contributed by atoms with E-state index in [9.17, 15) is 19.8 Å². The van der Waals surface area contributed by atoms with Crippen LogP contribution in [0.1, 0.15) is 44.0 Å². The minimum Gasteiger partial charge on any atom is -0.477 e. The first kappa shape index (κ1) is 36.0. The Balaban J connectivity index is 1.42. The summed E-state index contributed by atoms with van der Waals surface area (Å²) in [5.74, 6) is -2.15. The first-order chi connectivity index (χ1) is 22.9. The molecule has 3 aromatic rings. The number of thiocarbonyl (C=S) groups is 1. The molecule has 0 bridgehead atoms. The molecule has 4 rings (SSSR count). The molecule has 0 aliphatic carbocycles. The van der Waals surface area contributed by atoms with Crippen molar-refractivity contribution in [2.24, 2.45) is 0 Å². The summed E-state index contributed by atoms with van der Waals surface area (Å²) in [6, 6.07) is 17.4. The van der Waals surface area contributed by atoms with Crippen LogP contribution in [0, 0.1) is 0 Å². The highest BCUT2D eigenvalue weighted by Crippen LogP contribution is 2.29. The van der Waals surface area contributed by atoms with E-state index >= 15 is 0 Å². The molecule has 3 heterocycles. The van der Waals surface area contributed by atoms with Crippen molar-refractivity contribution in [3.63, 3.8) is 0 Å². The van der Waals surface area contributed by atoms with Crippen LogP contribution in [0.2, 0.25) is 0 Å². The fraction of sp³-hybridized carbons (Fsp3) is 0.424.